The zero-order valence-electron chi connectivity index (χ0n) is 23.6. The summed E-state index contributed by atoms with van der Waals surface area (Å²) >= 11 is 0. The molecular weight excluding hydrogens is 563 g/mol. The van der Waals surface area contributed by atoms with Crippen molar-refractivity contribution >= 4 is 17.1 Å². The minimum atomic E-state index is -0.214. The van der Waals surface area contributed by atoms with Crippen molar-refractivity contribution in [2.24, 2.45) is 0 Å². The summed E-state index contributed by atoms with van der Waals surface area (Å²) in [7, 11) is 12.2. The van der Waals surface area contributed by atoms with Crippen molar-refractivity contribution in [2.75, 3.05) is 70.2 Å². The van der Waals surface area contributed by atoms with Gasteiger partial charge in [-0.15, -0.1) is 0 Å². The number of rotatable bonds is 14. The smallest absolute Gasteiger partial charge is 0.253 e. The first-order chi connectivity index (χ1) is 17.3. The summed E-state index contributed by atoms with van der Waals surface area (Å²) in [6.07, 6.45) is 11.9. The fraction of sp³-hybridized carbons (Fsp3) is 0.444. The molecule has 0 spiro atoms. The molecule has 39 heavy (non-hydrogen) atoms. The highest BCUT2D eigenvalue weighted by molar-refractivity contribution is 5.42. The highest BCUT2D eigenvalue weighted by Crippen LogP contribution is 2.08. The number of nitrogens with zero attached hydrogens (tertiary/aromatic N) is 6. The molecule has 3 aromatic heterocycles. The molecule has 0 unspecified atom stereocenters. The fourth-order valence-corrected chi connectivity index (χ4v) is 3.42. The van der Waals surface area contributed by atoms with Crippen LogP contribution in [0.4, 0.5) is 17.1 Å². The zero-order chi connectivity index (χ0) is 25.9. The molecule has 0 N–H and O–H groups in total. The third-order valence-corrected chi connectivity index (χ3v) is 5.72. The molecule has 0 aliphatic carbocycles. The lowest BCUT2D eigenvalue weighted by Crippen LogP contribution is -3.00. The first-order valence-electron chi connectivity index (χ1n) is 12.1. The predicted molar refractivity (Wildman–Crippen MR) is 140 cm³/mol. The van der Waals surface area contributed by atoms with Gasteiger partial charge < -0.3 is 66.1 Å². The Bertz CT molecular complexity index is 983. The van der Waals surface area contributed by atoms with Gasteiger partial charge in [0.2, 0.25) is 0 Å². The average molecular weight is 604 g/mol. The summed E-state index contributed by atoms with van der Waals surface area (Å²) in [4.78, 5) is 6.21. The van der Waals surface area contributed by atoms with Crippen molar-refractivity contribution in [2.45, 2.75) is 26.3 Å². The van der Waals surface area contributed by atoms with E-state index in [2.05, 4.69) is 51.1 Å². The number of hydrogen-bond donors (Lipinski definition) is 0. The van der Waals surface area contributed by atoms with Crippen LogP contribution in [0.3, 0.4) is 0 Å². The number of halogens is 3. The molecular formula is C27H41Cl3N6O3. The fourth-order valence-electron chi connectivity index (χ4n) is 3.42. The van der Waals surface area contributed by atoms with Gasteiger partial charge in [-0.3, -0.25) is 0 Å². The lowest BCUT2D eigenvalue weighted by molar-refractivity contribution is -0.742. The van der Waals surface area contributed by atoms with Crippen molar-refractivity contribution in [1.29, 1.82) is 0 Å². The average Bonchev–Trinajstić information content (AvgIpc) is 2.87. The second-order valence-corrected chi connectivity index (χ2v) is 9.31. The van der Waals surface area contributed by atoms with Gasteiger partial charge in [0.25, 0.3) is 20.2 Å². The summed E-state index contributed by atoms with van der Waals surface area (Å²) in [6.45, 7) is 2.14. The Morgan fingerprint density at radius 1 is 0.513 bits per heavy atom. The maximum atomic E-state index is 6.17. The van der Waals surface area contributed by atoms with Gasteiger partial charge in [-0.25, -0.2) is 0 Å². The van der Waals surface area contributed by atoms with E-state index >= 15 is 0 Å². The quantitative estimate of drug-likeness (QED) is 0.171. The molecule has 3 aromatic rings. The van der Waals surface area contributed by atoms with Crippen LogP contribution in [-0.2, 0) is 34.4 Å². The van der Waals surface area contributed by atoms with Crippen LogP contribution in [0.5, 0.6) is 0 Å². The van der Waals surface area contributed by atoms with Gasteiger partial charge in [-0.2, -0.15) is 13.7 Å². The normalized spacial score (nSPS) is 10.2. The van der Waals surface area contributed by atoms with E-state index in [1.807, 2.05) is 93.2 Å². The maximum absolute atomic E-state index is 6.17. The van der Waals surface area contributed by atoms with Crippen molar-refractivity contribution < 1.29 is 65.1 Å². The third kappa shape index (κ3) is 12.5. The molecule has 0 fully saturated rings. The maximum Gasteiger partial charge on any atom is 0.253 e. The Hall–Kier alpha value is -2.40. The molecule has 0 aromatic carbocycles. The summed E-state index contributed by atoms with van der Waals surface area (Å²) in [5, 5.41) is 0. The second kappa shape index (κ2) is 18.8. The molecule has 0 aliphatic heterocycles. The topological polar surface area (TPSA) is 49.1 Å². The van der Waals surface area contributed by atoms with Crippen LogP contribution in [0, 0.1) is 0 Å². The van der Waals surface area contributed by atoms with Gasteiger partial charge in [-0.1, -0.05) is 0 Å². The van der Waals surface area contributed by atoms with E-state index in [-0.39, 0.29) is 43.3 Å². The molecule has 0 atom stereocenters. The monoisotopic (exact) mass is 602 g/mol. The first-order valence-corrected chi connectivity index (χ1v) is 12.1. The highest BCUT2D eigenvalue weighted by Gasteiger charge is 2.16. The molecule has 12 heteroatoms. The third-order valence-electron chi connectivity index (χ3n) is 5.72. The molecule has 0 amide bonds. The van der Waals surface area contributed by atoms with Gasteiger partial charge in [0, 0.05) is 95.7 Å². The minimum absolute atomic E-state index is 0. The van der Waals surface area contributed by atoms with Crippen LogP contribution in [0.25, 0.3) is 0 Å². The van der Waals surface area contributed by atoms with E-state index < -0.39 is 0 Å². The number of anilines is 3. The van der Waals surface area contributed by atoms with E-state index in [9.17, 15) is 0 Å². The number of aromatic nitrogens is 3. The molecule has 0 saturated heterocycles. The van der Waals surface area contributed by atoms with Crippen LogP contribution >= 0.6 is 0 Å². The Morgan fingerprint density at radius 2 is 0.795 bits per heavy atom. The van der Waals surface area contributed by atoms with Gasteiger partial charge in [0.15, 0.2) is 37.2 Å². The Morgan fingerprint density at radius 3 is 1.08 bits per heavy atom. The van der Waals surface area contributed by atoms with E-state index in [1.165, 1.54) is 0 Å². The Labute approximate surface area is 251 Å². The van der Waals surface area contributed by atoms with E-state index in [0.29, 0.717) is 33.4 Å². The first kappa shape index (κ1) is 36.6. The number of pyridine rings is 3. The van der Waals surface area contributed by atoms with Crippen LogP contribution in [0.15, 0.2) is 73.6 Å². The van der Waals surface area contributed by atoms with E-state index in [4.69, 9.17) is 14.2 Å². The second-order valence-electron chi connectivity index (χ2n) is 9.31. The SMILES string of the molecule is CN(C)c1cc[n+](COCC(COC[n+]2ccc(N(C)C)cc2)OC[n+]2ccc(N(C)C)cc2)cc1.[Cl-].[Cl-].[Cl-]. The van der Waals surface area contributed by atoms with Gasteiger partial charge >= 0.3 is 0 Å². The minimum Gasteiger partial charge on any atom is -1.00 e. The zero-order valence-corrected chi connectivity index (χ0v) is 25.9. The Kier molecular flexibility index (Phi) is 17.7. The van der Waals surface area contributed by atoms with Gasteiger partial charge in [0.1, 0.15) is 6.10 Å². The summed E-state index contributed by atoms with van der Waals surface area (Å²) in [6, 6.07) is 12.4. The van der Waals surface area contributed by atoms with Crippen molar-refractivity contribution in [1.82, 2.24) is 0 Å². The summed E-state index contributed by atoms with van der Waals surface area (Å²) in [5.41, 5.74) is 3.44. The van der Waals surface area contributed by atoms with Crippen LogP contribution < -0.4 is 65.6 Å². The largest absolute Gasteiger partial charge is 1.00 e. The molecule has 3 rings (SSSR count). The van der Waals surface area contributed by atoms with Crippen LogP contribution in [0.2, 0.25) is 0 Å². The summed E-state index contributed by atoms with van der Waals surface area (Å²) in [5.74, 6) is 0. The molecule has 218 valence electrons. The Balaban J connectivity index is 0.00000481. The highest BCUT2D eigenvalue weighted by atomic mass is 35.5. The molecule has 0 aliphatic rings. The van der Waals surface area contributed by atoms with E-state index in [1.54, 1.807) is 0 Å². The number of hydrogen-bond acceptors (Lipinski definition) is 6. The van der Waals surface area contributed by atoms with Gasteiger partial charge in [0.05, 0.1) is 13.2 Å². The molecule has 9 nitrogen and oxygen atoms in total. The van der Waals surface area contributed by atoms with Gasteiger partial charge in [-0.05, 0) is 0 Å². The molecule has 0 saturated carbocycles. The molecule has 0 radical (unpaired) electrons. The van der Waals surface area contributed by atoms with Crippen LogP contribution in [-0.4, -0.2) is 61.6 Å². The molecule has 3 heterocycles. The summed E-state index contributed by atoms with van der Waals surface area (Å²) < 4.78 is 24.1. The van der Waals surface area contributed by atoms with Crippen LogP contribution in [0.1, 0.15) is 0 Å². The lowest BCUT2D eigenvalue weighted by atomic mass is 10.4. The number of ether oxygens (including phenoxy) is 3. The standard InChI is InChI=1S/C27H41N6O3.3ClH/c1-28(2)24-7-13-31(14-8-24)21-34-19-27(36-23-33-17-11-26(12-18-33)30(5)6)20-35-22-32-15-9-25(10-16-32)29(3)4;;;/h7-18,27H,19-23H2,1-6H3;3*1H/q+3;;;/p-3. The predicted octanol–water partition coefficient (Wildman–Crippen LogP) is -7.55. The van der Waals surface area contributed by atoms with Crippen molar-refractivity contribution in [3.05, 3.63) is 73.6 Å². The lowest BCUT2D eigenvalue weighted by Gasteiger charge is -2.16. The van der Waals surface area contributed by atoms with E-state index in [0.717, 1.165) is 17.1 Å². The molecule has 0 bridgehead atoms. The van der Waals surface area contributed by atoms with Crippen molar-refractivity contribution in [3.8, 4) is 0 Å². The van der Waals surface area contributed by atoms with Crippen molar-refractivity contribution in [3.63, 3.8) is 0 Å².